The third-order valence-electron chi connectivity index (χ3n) is 3.60. The summed E-state index contributed by atoms with van der Waals surface area (Å²) in [6.45, 7) is 4.51. The number of ether oxygens (including phenoxy) is 1. The SMILES string of the molecule is CN(CC1CCCNC1)S(=O)(=O)N1CCOCC1. The van der Waals surface area contributed by atoms with E-state index in [0.29, 0.717) is 38.8 Å². The summed E-state index contributed by atoms with van der Waals surface area (Å²) in [5, 5.41) is 3.32. The Kier molecular flexibility index (Phi) is 4.97. The molecular weight excluding hydrogens is 254 g/mol. The zero-order valence-corrected chi connectivity index (χ0v) is 11.8. The summed E-state index contributed by atoms with van der Waals surface area (Å²) in [6.07, 6.45) is 2.24. The van der Waals surface area contributed by atoms with Crippen molar-refractivity contribution in [3.63, 3.8) is 0 Å². The first kappa shape index (κ1) is 14.2. The summed E-state index contributed by atoms with van der Waals surface area (Å²) in [5.41, 5.74) is 0. The van der Waals surface area contributed by atoms with Gasteiger partial charge in [0.1, 0.15) is 0 Å². The van der Waals surface area contributed by atoms with Crippen LogP contribution in [0.4, 0.5) is 0 Å². The normalized spacial score (nSPS) is 27.6. The van der Waals surface area contributed by atoms with Crippen molar-refractivity contribution in [2.24, 2.45) is 5.92 Å². The van der Waals surface area contributed by atoms with Gasteiger partial charge in [0.2, 0.25) is 0 Å². The number of hydrogen-bond donors (Lipinski definition) is 1. The Morgan fingerprint density at radius 3 is 2.72 bits per heavy atom. The highest BCUT2D eigenvalue weighted by atomic mass is 32.2. The number of piperidine rings is 1. The monoisotopic (exact) mass is 277 g/mol. The van der Waals surface area contributed by atoms with Crippen LogP contribution in [0.5, 0.6) is 0 Å². The second kappa shape index (κ2) is 6.29. The molecule has 18 heavy (non-hydrogen) atoms. The van der Waals surface area contributed by atoms with Crippen LogP contribution in [0.2, 0.25) is 0 Å². The van der Waals surface area contributed by atoms with E-state index in [-0.39, 0.29) is 0 Å². The molecule has 7 heteroatoms. The van der Waals surface area contributed by atoms with Crippen molar-refractivity contribution in [2.75, 3.05) is 53.0 Å². The maximum Gasteiger partial charge on any atom is 0.281 e. The largest absolute Gasteiger partial charge is 0.379 e. The molecule has 0 aromatic rings. The number of hydrogen-bond acceptors (Lipinski definition) is 4. The van der Waals surface area contributed by atoms with Gasteiger partial charge in [0, 0.05) is 26.7 Å². The molecule has 106 valence electrons. The highest BCUT2D eigenvalue weighted by Gasteiger charge is 2.30. The van der Waals surface area contributed by atoms with Crippen LogP contribution in [-0.2, 0) is 14.9 Å². The molecule has 2 aliphatic rings. The molecule has 0 saturated carbocycles. The fourth-order valence-electron chi connectivity index (χ4n) is 2.51. The number of rotatable bonds is 4. The molecule has 1 atom stereocenters. The molecule has 2 rings (SSSR count). The van der Waals surface area contributed by atoms with Crippen LogP contribution in [0.25, 0.3) is 0 Å². The fourth-order valence-corrected chi connectivity index (χ4v) is 3.92. The molecule has 0 spiro atoms. The summed E-state index contributed by atoms with van der Waals surface area (Å²) in [4.78, 5) is 0. The van der Waals surface area contributed by atoms with E-state index >= 15 is 0 Å². The Morgan fingerprint density at radius 2 is 2.11 bits per heavy atom. The number of nitrogens with one attached hydrogen (secondary N) is 1. The van der Waals surface area contributed by atoms with Crippen molar-refractivity contribution in [3.05, 3.63) is 0 Å². The Bertz CT molecular complexity index is 349. The van der Waals surface area contributed by atoms with E-state index in [0.717, 1.165) is 25.9 Å². The summed E-state index contributed by atoms with van der Waals surface area (Å²) in [7, 11) is -1.62. The zero-order valence-electron chi connectivity index (χ0n) is 11.0. The summed E-state index contributed by atoms with van der Waals surface area (Å²) >= 11 is 0. The predicted octanol–water partition coefficient (Wildman–Crippen LogP) is -0.505. The fraction of sp³-hybridized carbons (Fsp3) is 1.00. The van der Waals surface area contributed by atoms with Gasteiger partial charge in [0.15, 0.2) is 0 Å². The minimum absolute atomic E-state index is 0.430. The third-order valence-corrected chi connectivity index (χ3v) is 5.56. The van der Waals surface area contributed by atoms with Gasteiger partial charge in [-0.1, -0.05) is 0 Å². The van der Waals surface area contributed by atoms with Crippen molar-refractivity contribution >= 4 is 10.2 Å². The van der Waals surface area contributed by atoms with Gasteiger partial charge in [-0.25, -0.2) is 0 Å². The number of nitrogens with zero attached hydrogens (tertiary/aromatic N) is 2. The van der Waals surface area contributed by atoms with Crippen molar-refractivity contribution in [1.82, 2.24) is 13.9 Å². The molecule has 1 N–H and O–H groups in total. The summed E-state index contributed by atoms with van der Waals surface area (Å²) in [5.74, 6) is 0.430. The Hall–Kier alpha value is -0.210. The average molecular weight is 277 g/mol. The molecule has 0 amide bonds. The van der Waals surface area contributed by atoms with Crippen LogP contribution >= 0.6 is 0 Å². The lowest BCUT2D eigenvalue weighted by Crippen LogP contribution is -2.49. The molecule has 6 nitrogen and oxygen atoms in total. The average Bonchev–Trinajstić information content (AvgIpc) is 2.41. The van der Waals surface area contributed by atoms with E-state index in [9.17, 15) is 8.42 Å². The van der Waals surface area contributed by atoms with E-state index in [1.807, 2.05) is 0 Å². The van der Waals surface area contributed by atoms with Crippen molar-refractivity contribution < 1.29 is 13.2 Å². The summed E-state index contributed by atoms with van der Waals surface area (Å²) in [6, 6.07) is 0. The van der Waals surface area contributed by atoms with Gasteiger partial charge in [-0.3, -0.25) is 0 Å². The topological polar surface area (TPSA) is 61.9 Å². The van der Waals surface area contributed by atoms with E-state index in [1.165, 1.54) is 8.61 Å². The maximum absolute atomic E-state index is 12.3. The molecule has 2 aliphatic heterocycles. The second-order valence-electron chi connectivity index (χ2n) is 5.01. The first-order chi connectivity index (χ1) is 8.60. The van der Waals surface area contributed by atoms with Crippen LogP contribution in [-0.4, -0.2) is 70.0 Å². The van der Waals surface area contributed by atoms with Gasteiger partial charge in [-0.15, -0.1) is 0 Å². The third kappa shape index (κ3) is 3.42. The Labute approximate surface area is 109 Å². The molecular formula is C11H23N3O3S. The van der Waals surface area contributed by atoms with Crippen molar-refractivity contribution in [1.29, 1.82) is 0 Å². The van der Waals surface area contributed by atoms with E-state index in [4.69, 9.17) is 4.74 Å². The standard InChI is InChI=1S/C11H23N3O3S/c1-13(10-11-3-2-4-12-9-11)18(15,16)14-5-7-17-8-6-14/h11-12H,2-10H2,1H3. The predicted molar refractivity (Wildman–Crippen MR) is 69.5 cm³/mol. The highest BCUT2D eigenvalue weighted by molar-refractivity contribution is 7.86. The van der Waals surface area contributed by atoms with Gasteiger partial charge >= 0.3 is 0 Å². The lowest BCUT2D eigenvalue weighted by molar-refractivity contribution is 0.0702. The Balaban J connectivity index is 1.91. The molecule has 0 radical (unpaired) electrons. The molecule has 1 unspecified atom stereocenters. The van der Waals surface area contributed by atoms with Crippen molar-refractivity contribution in [2.45, 2.75) is 12.8 Å². The summed E-state index contributed by atoms with van der Waals surface area (Å²) < 4.78 is 32.9. The first-order valence-corrected chi connectivity index (χ1v) is 8.00. The molecule has 0 aromatic heterocycles. The highest BCUT2D eigenvalue weighted by Crippen LogP contribution is 2.15. The van der Waals surface area contributed by atoms with Gasteiger partial charge in [0.25, 0.3) is 10.2 Å². The van der Waals surface area contributed by atoms with E-state index in [2.05, 4.69) is 5.32 Å². The van der Waals surface area contributed by atoms with Crippen LogP contribution < -0.4 is 5.32 Å². The van der Waals surface area contributed by atoms with E-state index in [1.54, 1.807) is 7.05 Å². The van der Waals surface area contributed by atoms with E-state index < -0.39 is 10.2 Å². The smallest absolute Gasteiger partial charge is 0.281 e. The number of morpholine rings is 1. The van der Waals surface area contributed by atoms with Gasteiger partial charge in [-0.05, 0) is 31.8 Å². The zero-order chi connectivity index (χ0) is 13.0. The molecule has 0 bridgehead atoms. The first-order valence-electron chi connectivity index (χ1n) is 6.60. The minimum atomic E-state index is -3.30. The Morgan fingerprint density at radius 1 is 1.39 bits per heavy atom. The lowest BCUT2D eigenvalue weighted by Gasteiger charge is -2.32. The quantitative estimate of drug-likeness (QED) is 0.752. The minimum Gasteiger partial charge on any atom is -0.379 e. The van der Waals surface area contributed by atoms with Crippen LogP contribution in [0, 0.1) is 5.92 Å². The second-order valence-corrected chi connectivity index (χ2v) is 7.05. The van der Waals surface area contributed by atoms with Gasteiger partial charge in [-0.2, -0.15) is 17.0 Å². The molecule has 2 heterocycles. The molecule has 0 aromatic carbocycles. The van der Waals surface area contributed by atoms with Gasteiger partial charge in [0.05, 0.1) is 13.2 Å². The van der Waals surface area contributed by atoms with Crippen LogP contribution in [0.15, 0.2) is 0 Å². The molecule has 2 fully saturated rings. The van der Waals surface area contributed by atoms with Gasteiger partial charge < -0.3 is 10.1 Å². The van der Waals surface area contributed by atoms with Crippen molar-refractivity contribution in [3.8, 4) is 0 Å². The maximum atomic E-state index is 12.3. The van der Waals surface area contributed by atoms with Crippen LogP contribution in [0.3, 0.4) is 0 Å². The van der Waals surface area contributed by atoms with Crippen LogP contribution in [0.1, 0.15) is 12.8 Å². The lowest BCUT2D eigenvalue weighted by atomic mass is 10.00. The molecule has 2 saturated heterocycles. The molecule has 0 aliphatic carbocycles.